The minimum Gasteiger partial charge on any atom is -0.466 e. The lowest BCUT2D eigenvalue weighted by Gasteiger charge is -2.31. The zero-order chi connectivity index (χ0) is 22.1. The van der Waals surface area contributed by atoms with Crippen LogP contribution >= 0.6 is 0 Å². The Morgan fingerprint density at radius 3 is 2.28 bits per heavy atom. The van der Waals surface area contributed by atoms with Crippen molar-refractivity contribution in [2.24, 2.45) is 5.92 Å². The molecule has 0 saturated heterocycles. The van der Waals surface area contributed by atoms with E-state index in [9.17, 15) is 38.2 Å². The van der Waals surface area contributed by atoms with Crippen LogP contribution in [0.15, 0.2) is 35.4 Å². The number of benzene rings is 1. The molecule has 1 aromatic carbocycles. The minimum atomic E-state index is -4.91. The van der Waals surface area contributed by atoms with Crippen LogP contribution in [0.5, 0.6) is 0 Å². The molecular weight excluding hydrogens is 399 g/mol. The summed E-state index contributed by atoms with van der Waals surface area (Å²) in [5, 5.41) is 24.5. The van der Waals surface area contributed by atoms with Crippen LogP contribution < -0.4 is 5.32 Å². The Hall–Kier alpha value is -3.44. The number of carbonyl (C=O) groups is 1. The van der Waals surface area contributed by atoms with Crippen LogP contribution in [0.4, 0.5) is 24.5 Å². The van der Waals surface area contributed by atoms with E-state index in [0.29, 0.717) is 6.07 Å². The first-order valence-electron chi connectivity index (χ1n) is 8.19. The predicted molar refractivity (Wildman–Crippen MR) is 94.6 cm³/mol. The number of carbonyl (C=O) groups excluding carboxylic acids is 1. The van der Waals surface area contributed by atoms with Gasteiger partial charge >= 0.3 is 12.1 Å². The van der Waals surface area contributed by atoms with Crippen LogP contribution in [0.3, 0.4) is 0 Å². The van der Waals surface area contributed by atoms with Crippen molar-refractivity contribution in [3.05, 3.63) is 61.2 Å². The van der Waals surface area contributed by atoms with Gasteiger partial charge in [0.15, 0.2) is 6.04 Å². The third kappa shape index (κ3) is 4.36. The number of allylic oxidation sites excluding steroid dienone is 2. The van der Waals surface area contributed by atoms with Crippen molar-refractivity contribution in [1.82, 2.24) is 5.32 Å². The molecule has 0 amide bonds. The third-order valence-corrected chi connectivity index (χ3v) is 4.23. The SMILES string of the molecule is COC(=O)C1=CC(C(C)C)=C(c2ccc([N+](=O)[O-])cc2[N+](=O)[O-])NC1C(F)(F)F. The van der Waals surface area contributed by atoms with Gasteiger partial charge in [0.05, 0.1) is 39.9 Å². The van der Waals surface area contributed by atoms with E-state index in [1.165, 1.54) is 0 Å². The zero-order valence-electron chi connectivity index (χ0n) is 15.4. The van der Waals surface area contributed by atoms with E-state index in [0.717, 1.165) is 25.3 Å². The van der Waals surface area contributed by atoms with E-state index in [1.807, 2.05) is 0 Å². The van der Waals surface area contributed by atoms with Crippen molar-refractivity contribution in [1.29, 1.82) is 0 Å². The Balaban J connectivity index is 2.80. The van der Waals surface area contributed by atoms with Crippen LogP contribution in [0.2, 0.25) is 0 Å². The molecule has 1 aliphatic heterocycles. The number of halogens is 3. The molecule has 0 fully saturated rings. The highest BCUT2D eigenvalue weighted by molar-refractivity contribution is 5.93. The van der Waals surface area contributed by atoms with Gasteiger partial charge in [0.2, 0.25) is 0 Å². The van der Waals surface area contributed by atoms with Crippen molar-refractivity contribution in [2.75, 3.05) is 7.11 Å². The quantitative estimate of drug-likeness (QED) is 0.443. The van der Waals surface area contributed by atoms with Crippen LogP contribution in [0.25, 0.3) is 5.70 Å². The molecule has 1 aromatic rings. The molecule has 1 N–H and O–H groups in total. The van der Waals surface area contributed by atoms with Crippen molar-refractivity contribution in [3.8, 4) is 0 Å². The van der Waals surface area contributed by atoms with Crippen molar-refractivity contribution in [3.63, 3.8) is 0 Å². The Labute approximate surface area is 162 Å². The van der Waals surface area contributed by atoms with E-state index in [1.54, 1.807) is 13.8 Å². The van der Waals surface area contributed by atoms with Gasteiger partial charge in [-0.25, -0.2) is 4.79 Å². The maximum atomic E-state index is 13.6. The second-order valence-corrected chi connectivity index (χ2v) is 6.41. The molecule has 29 heavy (non-hydrogen) atoms. The summed E-state index contributed by atoms with van der Waals surface area (Å²) in [6, 6.07) is 0.161. The number of nitrogens with zero attached hydrogens (tertiary/aromatic N) is 2. The predicted octanol–water partition coefficient (Wildman–Crippen LogP) is 3.50. The van der Waals surface area contributed by atoms with E-state index < -0.39 is 50.9 Å². The molecule has 1 atom stereocenters. The van der Waals surface area contributed by atoms with E-state index >= 15 is 0 Å². The lowest BCUT2D eigenvalue weighted by atomic mass is 9.88. The molecule has 1 heterocycles. The van der Waals surface area contributed by atoms with Crippen LogP contribution in [-0.4, -0.2) is 35.1 Å². The maximum absolute atomic E-state index is 13.6. The number of nitro groups is 2. The standard InChI is InChI=1S/C17H16F3N3O6/c1-8(2)11-7-12(16(24)29-3)15(17(18,19)20)21-14(11)10-5-4-9(22(25)26)6-13(10)23(27)28/h4-8,15,21H,1-3H3. The molecule has 0 bridgehead atoms. The summed E-state index contributed by atoms with van der Waals surface area (Å²) >= 11 is 0. The fraction of sp³-hybridized carbons (Fsp3) is 0.353. The van der Waals surface area contributed by atoms with Gasteiger partial charge in [0.25, 0.3) is 11.4 Å². The molecular formula is C17H16F3N3O6. The molecule has 1 unspecified atom stereocenters. The number of nitrogens with one attached hydrogen (secondary N) is 1. The van der Waals surface area contributed by atoms with Gasteiger partial charge in [-0.05, 0) is 23.6 Å². The molecule has 0 aliphatic carbocycles. The number of ether oxygens (including phenoxy) is 1. The first kappa shape index (κ1) is 21.9. The van der Waals surface area contributed by atoms with Gasteiger partial charge in [-0.2, -0.15) is 13.2 Å². The second kappa shape index (κ2) is 7.89. The third-order valence-electron chi connectivity index (χ3n) is 4.23. The van der Waals surface area contributed by atoms with Gasteiger partial charge in [-0.15, -0.1) is 0 Å². The van der Waals surface area contributed by atoms with E-state index in [-0.39, 0.29) is 16.8 Å². The van der Waals surface area contributed by atoms with Crippen molar-refractivity contribution in [2.45, 2.75) is 26.1 Å². The highest BCUT2D eigenvalue weighted by atomic mass is 19.4. The molecule has 0 spiro atoms. The van der Waals surface area contributed by atoms with E-state index in [2.05, 4.69) is 10.1 Å². The molecule has 12 heteroatoms. The van der Waals surface area contributed by atoms with Crippen molar-refractivity contribution >= 4 is 23.0 Å². The lowest BCUT2D eigenvalue weighted by Crippen LogP contribution is -2.47. The van der Waals surface area contributed by atoms with Gasteiger partial charge in [-0.3, -0.25) is 20.2 Å². The first-order chi connectivity index (χ1) is 13.4. The normalized spacial score (nSPS) is 16.9. The van der Waals surface area contributed by atoms with Crippen LogP contribution in [0.1, 0.15) is 19.4 Å². The summed E-state index contributed by atoms with van der Waals surface area (Å²) in [7, 11) is 0.937. The highest BCUT2D eigenvalue weighted by Crippen LogP contribution is 2.39. The average molecular weight is 415 g/mol. The Kier molecular flexibility index (Phi) is 5.95. The summed E-state index contributed by atoms with van der Waals surface area (Å²) in [6.45, 7) is 3.24. The number of esters is 1. The minimum absolute atomic E-state index is 0.183. The molecule has 1 aliphatic rings. The van der Waals surface area contributed by atoms with Crippen molar-refractivity contribution < 1.29 is 32.5 Å². The fourth-order valence-corrected chi connectivity index (χ4v) is 2.87. The fourth-order valence-electron chi connectivity index (χ4n) is 2.87. The number of non-ortho nitro benzene ring substituents is 1. The molecule has 0 saturated carbocycles. The molecule has 2 rings (SSSR count). The van der Waals surface area contributed by atoms with Crippen LogP contribution in [0, 0.1) is 26.1 Å². The number of dihydropyridines is 1. The number of nitro benzene ring substituents is 2. The Morgan fingerprint density at radius 1 is 1.21 bits per heavy atom. The lowest BCUT2D eigenvalue weighted by molar-refractivity contribution is -0.394. The number of methoxy groups -OCH3 is 1. The van der Waals surface area contributed by atoms with E-state index in [4.69, 9.17) is 0 Å². The number of hydrogen-bond donors (Lipinski definition) is 1. The average Bonchev–Trinajstić information content (AvgIpc) is 2.64. The summed E-state index contributed by atoms with van der Waals surface area (Å²) in [4.78, 5) is 32.5. The number of hydrogen-bond acceptors (Lipinski definition) is 7. The number of alkyl halides is 3. The Morgan fingerprint density at radius 2 is 1.83 bits per heavy atom. The molecule has 0 aromatic heterocycles. The zero-order valence-corrected chi connectivity index (χ0v) is 15.4. The monoisotopic (exact) mass is 415 g/mol. The molecule has 0 radical (unpaired) electrons. The van der Waals surface area contributed by atoms with Gasteiger partial charge < -0.3 is 10.1 Å². The molecule has 9 nitrogen and oxygen atoms in total. The summed E-state index contributed by atoms with van der Waals surface area (Å²) in [5.74, 6) is -1.64. The van der Waals surface area contributed by atoms with Gasteiger partial charge in [0, 0.05) is 6.07 Å². The van der Waals surface area contributed by atoms with Gasteiger partial charge in [0.1, 0.15) is 0 Å². The Bertz CT molecular complexity index is 937. The molecule has 156 valence electrons. The smallest absolute Gasteiger partial charge is 0.413 e. The highest BCUT2D eigenvalue weighted by Gasteiger charge is 2.47. The topological polar surface area (TPSA) is 125 Å². The largest absolute Gasteiger partial charge is 0.466 e. The van der Waals surface area contributed by atoms with Gasteiger partial charge in [-0.1, -0.05) is 13.8 Å². The van der Waals surface area contributed by atoms with Crippen LogP contribution in [-0.2, 0) is 9.53 Å². The number of rotatable bonds is 5. The summed E-state index contributed by atoms with van der Waals surface area (Å²) in [5.41, 5.74) is -2.34. The summed E-state index contributed by atoms with van der Waals surface area (Å²) in [6.07, 6.45) is -3.92. The summed E-state index contributed by atoms with van der Waals surface area (Å²) < 4.78 is 45.2. The maximum Gasteiger partial charge on any atom is 0.413 e. The second-order valence-electron chi connectivity index (χ2n) is 6.41. The first-order valence-corrected chi connectivity index (χ1v) is 8.19.